The molecule has 1 N–H and O–H groups in total. The fourth-order valence-electron chi connectivity index (χ4n) is 0.115. The summed E-state index contributed by atoms with van der Waals surface area (Å²) < 4.78 is 27.4. The first-order valence-corrected chi connectivity index (χ1v) is 3.86. The summed E-state index contributed by atoms with van der Waals surface area (Å²) in [4.78, 5) is 0. The standard InChI is InChI=1S/C2H6O3S2.Na.Pd/c3-7(4,5)2-1-6;;/h6H,1-2H2,(H,3,4,5);;/q;+1;+2. The molecule has 0 aliphatic rings. The van der Waals surface area contributed by atoms with Gasteiger partial charge in [-0.15, -0.1) is 0 Å². The van der Waals surface area contributed by atoms with Crippen molar-refractivity contribution in [1.29, 1.82) is 0 Å². The van der Waals surface area contributed by atoms with Gasteiger partial charge in [-0.25, -0.2) is 0 Å². The van der Waals surface area contributed by atoms with E-state index < -0.39 is 10.1 Å². The maximum absolute atomic E-state index is 9.74. The second kappa shape index (κ2) is 8.02. The first-order chi connectivity index (χ1) is 3.06. The molecule has 0 atom stereocenters. The smallest absolute Gasteiger partial charge is 0.286 e. The van der Waals surface area contributed by atoms with Gasteiger partial charge in [0.1, 0.15) is 0 Å². The maximum Gasteiger partial charge on any atom is 2.00 e. The third-order valence-corrected chi connectivity index (χ3v) is 1.60. The third-order valence-electron chi connectivity index (χ3n) is 0.349. The molecule has 0 aromatic heterocycles. The summed E-state index contributed by atoms with van der Waals surface area (Å²) in [7, 11) is -3.75. The van der Waals surface area contributed by atoms with Crippen LogP contribution in [0.3, 0.4) is 0 Å². The van der Waals surface area contributed by atoms with Crippen LogP contribution in [-0.4, -0.2) is 24.5 Å². The second-order valence-corrected chi connectivity index (χ2v) is 3.03. The predicted octanol–water partition coefficient (Wildman–Crippen LogP) is -3.19. The first kappa shape index (κ1) is 17.1. The fraction of sp³-hybridized carbons (Fsp3) is 1.00. The van der Waals surface area contributed by atoms with Crippen molar-refractivity contribution in [3.05, 3.63) is 0 Å². The van der Waals surface area contributed by atoms with Crippen LogP contribution >= 0.6 is 12.6 Å². The molecular formula is C2H6NaO3PdS2+3. The molecule has 0 saturated heterocycles. The molecule has 52 valence electrons. The minimum atomic E-state index is -3.75. The molecule has 3 nitrogen and oxygen atoms in total. The van der Waals surface area contributed by atoms with Crippen molar-refractivity contribution in [2.75, 3.05) is 11.5 Å². The van der Waals surface area contributed by atoms with Gasteiger partial charge >= 0.3 is 50.0 Å². The Morgan fingerprint density at radius 3 is 1.78 bits per heavy atom. The van der Waals surface area contributed by atoms with Gasteiger partial charge < -0.3 is 0 Å². The van der Waals surface area contributed by atoms with Crippen LogP contribution in [0.2, 0.25) is 0 Å². The van der Waals surface area contributed by atoms with Crippen molar-refractivity contribution in [3.8, 4) is 0 Å². The summed E-state index contributed by atoms with van der Waals surface area (Å²) in [6, 6.07) is 0. The summed E-state index contributed by atoms with van der Waals surface area (Å²) >= 11 is 3.57. The molecule has 0 fully saturated rings. The monoisotopic (exact) mass is 271 g/mol. The van der Waals surface area contributed by atoms with E-state index in [-0.39, 0.29) is 61.5 Å². The summed E-state index contributed by atoms with van der Waals surface area (Å²) in [5, 5.41) is 0. The Balaban J connectivity index is -0.000000180. The number of hydrogen-bond acceptors (Lipinski definition) is 3. The third kappa shape index (κ3) is 17.8. The number of hydrogen-bond donors (Lipinski definition) is 2. The molecule has 0 bridgehead atoms. The summed E-state index contributed by atoms with van der Waals surface area (Å²) in [5.41, 5.74) is 0. The van der Waals surface area contributed by atoms with Crippen LogP contribution in [0, 0.1) is 0 Å². The predicted molar refractivity (Wildman–Crippen MR) is 30.3 cm³/mol. The van der Waals surface area contributed by atoms with E-state index in [4.69, 9.17) is 4.55 Å². The molecule has 9 heavy (non-hydrogen) atoms. The quantitative estimate of drug-likeness (QED) is 0.316. The van der Waals surface area contributed by atoms with Gasteiger partial charge in [0.2, 0.25) is 0 Å². The molecule has 0 spiro atoms. The molecule has 7 heteroatoms. The van der Waals surface area contributed by atoms with E-state index in [1.54, 1.807) is 0 Å². The van der Waals surface area contributed by atoms with Crippen LogP contribution in [0.4, 0.5) is 0 Å². The van der Waals surface area contributed by atoms with E-state index in [1.807, 2.05) is 0 Å². The minimum absolute atomic E-state index is 0. The van der Waals surface area contributed by atoms with Gasteiger partial charge in [0.15, 0.2) is 0 Å². The second-order valence-electron chi connectivity index (χ2n) is 1.01. The van der Waals surface area contributed by atoms with Gasteiger partial charge in [-0.1, -0.05) is 0 Å². The molecule has 0 aliphatic carbocycles. The van der Waals surface area contributed by atoms with Crippen LogP contribution in [0.25, 0.3) is 0 Å². The zero-order valence-electron chi connectivity index (χ0n) is 4.85. The van der Waals surface area contributed by atoms with Crippen molar-refractivity contribution in [2.24, 2.45) is 0 Å². The Morgan fingerprint density at radius 1 is 1.44 bits per heavy atom. The molecule has 0 unspecified atom stereocenters. The van der Waals surface area contributed by atoms with Gasteiger partial charge in [-0.3, -0.25) is 4.55 Å². The normalized spacial score (nSPS) is 9.11. The van der Waals surface area contributed by atoms with Crippen molar-refractivity contribution in [2.45, 2.75) is 0 Å². The van der Waals surface area contributed by atoms with Gasteiger partial charge in [0.25, 0.3) is 10.1 Å². The zero-order valence-corrected chi connectivity index (χ0v) is 10.1. The van der Waals surface area contributed by atoms with E-state index in [1.165, 1.54) is 0 Å². The van der Waals surface area contributed by atoms with Crippen molar-refractivity contribution in [3.63, 3.8) is 0 Å². The topological polar surface area (TPSA) is 54.4 Å². The van der Waals surface area contributed by atoms with Crippen LogP contribution in [0.1, 0.15) is 0 Å². The molecule has 0 radical (unpaired) electrons. The van der Waals surface area contributed by atoms with E-state index in [0.717, 1.165) is 0 Å². The molecule has 0 saturated carbocycles. The SMILES string of the molecule is O=S(=O)(O)CCS.[Na+].[Pd+2]. The summed E-state index contributed by atoms with van der Waals surface area (Å²) in [6.45, 7) is 0. The van der Waals surface area contributed by atoms with Gasteiger partial charge in [-0.2, -0.15) is 21.0 Å². The molecule has 0 aliphatic heterocycles. The Bertz CT molecular complexity index is 133. The maximum atomic E-state index is 9.74. The van der Waals surface area contributed by atoms with Crippen molar-refractivity contribution >= 4 is 22.7 Å². The Kier molecular flexibility index (Phi) is 15.3. The van der Waals surface area contributed by atoms with E-state index >= 15 is 0 Å². The Morgan fingerprint density at radius 2 is 1.78 bits per heavy atom. The average molecular weight is 272 g/mol. The van der Waals surface area contributed by atoms with Gasteiger partial charge in [0.05, 0.1) is 5.75 Å². The van der Waals surface area contributed by atoms with E-state index in [0.29, 0.717) is 0 Å². The van der Waals surface area contributed by atoms with E-state index in [2.05, 4.69) is 12.6 Å². The molecule has 0 rings (SSSR count). The van der Waals surface area contributed by atoms with Crippen LogP contribution in [0.5, 0.6) is 0 Å². The molecule has 0 aromatic carbocycles. The molecular weight excluding hydrogens is 266 g/mol. The molecule has 0 heterocycles. The largest absolute Gasteiger partial charge is 2.00 e. The number of rotatable bonds is 2. The van der Waals surface area contributed by atoms with Crippen LogP contribution < -0.4 is 29.6 Å². The minimum Gasteiger partial charge on any atom is -0.286 e. The summed E-state index contributed by atoms with van der Waals surface area (Å²) in [6.07, 6.45) is 0. The van der Waals surface area contributed by atoms with Gasteiger partial charge in [-0.05, 0) is 0 Å². The first-order valence-electron chi connectivity index (χ1n) is 1.62. The zero-order chi connectivity index (χ0) is 5.91. The van der Waals surface area contributed by atoms with E-state index in [9.17, 15) is 8.42 Å². The summed E-state index contributed by atoms with van der Waals surface area (Å²) in [5.74, 6) is -0.102. The van der Waals surface area contributed by atoms with Crippen molar-refractivity contribution < 1.29 is 63.0 Å². The average Bonchev–Trinajstić information content (AvgIpc) is 1.30. The number of thiol groups is 1. The molecule has 0 amide bonds. The van der Waals surface area contributed by atoms with Crippen LogP contribution in [-0.2, 0) is 30.5 Å². The van der Waals surface area contributed by atoms with Gasteiger partial charge in [0, 0.05) is 5.75 Å². The Labute approximate surface area is 96.1 Å². The Hall–Kier alpha value is 1.92. The van der Waals surface area contributed by atoms with Crippen molar-refractivity contribution in [1.82, 2.24) is 0 Å². The van der Waals surface area contributed by atoms with Crippen LogP contribution in [0.15, 0.2) is 0 Å². The fourth-order valence-corrected chi connectivity index (χ4v) is 1.04. The molecule has 0 aromatic rings.